The van der Waals surface area contributed by atoms with Crippen molar-refractivity contribution < 1.29 is 18.3 Å². The molecule has 1 fully saturated rings. The molecule has 0 radical (unpaired) electrons. The molecule has 28 heavy (non-hydrogen) atoms. The second-order valence-corrected chi connectivity index (χ2v) is 11.0. The number of carbonyl (C=O) groups excluding carboxylic acids is 1. The first-order chi connectivity index (χ1) is 12.8. The Hall–Kier alpha value is -1.15. The van der Waals surface area contributed by atoms with Crippen LogP contribution in [0.3, 0.4) is 0 Å². The van der Waals surface area contributed by atoms with Gasteiger partial charge < -0.3 is 10.0 Å². The molecule has 2 atom stereocenters. The number of benzene rings is 1. The van der Waals surface area contributed by atoms with Gasteiger partial charge in [0, 0.05) is 23.5 Å². The van der Waals surface area contributed by atoms with Crippen LogP contribution in [0.25, 0.3) is 0 Å². The lowest BCUT2D eigenvalue weighted by Crippen LogP contribution is -2.60. The summed E-state index contributed by atoms with van der Waals surface area (Å²) < 4.78 is 26.6. The Morgan fingerprint density at radius 3 is 2.32 bits per heavy atom. The molecule has 1 saturated heterocycles. The Morgan fingerprint density at radius 2 is 1.86 bits per heavy atom. The largest absolute Gasteiger partial charge is 0.384 e. The van der Waals surface area contributed by atoms with Gasteiger partial charge >= 0.3 is 0 Å². The van der Waals surface area contributed by atoms with Gasteiger partial charge in [0.15, 0.2) is 0 Å². The van der Waals surface area contributed by atoms with Crippen LogP contribution in [-0.2, 0) is 20.4 Å². The summed E-state index contributed by atoms with van der Waals surface area (Å²) in [5.74, 6) is -0.516. The highest BCUT2D eigenvalue weighted by atomic mass is 35.5. The molecule has 158 valence electrons. The number of aliphatic hydroxyl groups is 1. The van der Waals surface area contributed by atoms with E-state index in [9.17, 15) is 18.3 Å². The molecule has 1 aliphatic heterocycles. The van der Waals surface area contributed by atoms with Gasteiger partial charge in [-0.25, -0.2) is 13.1 Å². The van der Waals surface area contributed by atoms with Crippen molar-refractivity contribution in [1.82, 2.24) is 9.62 Å². The Balaban J connectivity index is 2.24. The number of nitrogens with zero attached hydrogens (tertiary/aromatic N) is 1. The molecule has 2 N–H and O–H groups in total. The number of likely N-dealkylation sites (tertiary alicyclic amines) is 1. The maximum absolute atomic E-state index is 13.1. The highest BCUT2D eigenvalue weighted by molar-refractivity contribution is 7.89. The molecular weight excluding hydrogens is 400 g/mol. The summed E-state index contributed by atoms with van der Waals surface area (Å²) in [7, 11) is -3.51. The monoisotopic (exact) mass is 430 g/mol. The number of nitrogens with one attached hydrogen (secondary N) is 1. The van der Waals surface area contributed by atoms with Gasteiger partial charge in [-0.15, -0.1) is 0 Å². The van der Waals surface area contributed by atoms with Crippen LogP contribution >= 0.6 is 11.6 Å². The summed E-state index contributed by atoms with van der Waals surface area (Å²) in [4.78, 5) is 14.8. The number of amides is 1. The molecule has 1 aliphatic rings. The van der Waals surface area contributed by atoms with Gasteiger partial charge in [0.1, 0.15) is 6.04 Å². The third kappa shape index (κ3) is 4.70. The first-order valence-electron chi connectivity index (χ1n) is 9.60. The Labute approximate surface area is 173 Å². The molecule has 0 saturated carbocycles. The summed E-state index contributed by atoms with van der Waals surface area (Å²) >= 11 is 5.97. The normalized spacial score (nSPS) is 23.6. The van der Waals surface area contributed by atoms with Crippen LogP contribution in [0.5, 0.6) is 0 Å². The van der Waals surface area contributed by atoms with E-state index >= 15 is 0 Å². The molecule has 0 unspecified atom stereocenters. The van der Waals surface area contributed by atoms with E-state index in [0.29, 0.717) is 24.5 Å². The molecule has 0 bridgehead atoms. The van der Waals surface area contributed by atoms with E-state index in [2.05, 4.69) is 4.72 Å². The maximum Gasteiger partial charge on any atom is 0.241 e. The van der Waals surface area contributed by atoms with Gasteiger partial charge in [-0.1, -0.05) is 51.4 Å². The zero-order valence-corrected chi connectivity index (χ0v) is 18.8. The van der Waals surface area contributed by atoms with Gasteiger partial charge in [-0.2, -0.15) is 0 Å². The van der Waals surface area contributed by atoms with Crippen molar-refractivity contribution in [2.24, 2.45) is 11.3 Å². The summed E-state index contributed by atoms with van der Waals surface area (Å²) in [5.41, 5.74) is -0.967. The van der Waals surface area contributed by atoms with Gasteiger partial charge in [0.05, 0.1) is 11.4 Å². The molecule has 1 amide bonds. The molecule has 2 rings (SSSR count). The molecule has 0 spiro atoms. The van der Waals surface area contributed by atoms with Crippen molar-refractivity contribution in [1.29, 1.82) is 0 Å². The minimum atomic E-state index is -3.51. The Kier molecular flexibility index (Phi) is 6.86. The number of rotatable bonds is 6. The second-order valence-electron chi connectivity index (χ2n) is 8.50. The fourth-order valence-electron chi connectivity index (χ4n) is 3.72. The maximum atomic E-state index is 13.1. The van der Waals surface area contributed by atoms with E-state index in [4.69, 9.17) is 11.6 Å². The molecular formula is C20H31ClN2O4S. The fourth-order valence-corrected chi connectivity index (χ4v) is 4.77. The first-order valence-corrected chi connectivity index (χ1v) is 11.6. The third-order valence-electron chi connectivity index (χ3n) is 5.70. The summed E-state index contributed by atoms with van der Waals surface area (Å²) in [6.07, 6.45) is 0.360. The van der Waals surface area contributed by atoms with Crippen LogP contribution in [0.2, 0.25) is 5.02 Å². The standard InChI is InChI=1S/C20H31ClN2O4S/c1-6-28(26,27)22-17(14(2)3)18(24)23-12-11-20(25,19(4,5)13-23)15-7-9-16(21)10-8-15/h7-10,14,17,22,25H,6,11-13H2,1-5H3/t17-,20+/m1/s1. The zero-order valence-electron chi connectivity index (χ0n) is 17.2. The highest BCUT2D eigenvalue weighted by Crippen LogP contribution is 2.46. The van der Waals surface area contributed by atoms with Crippen LogP contribution in [0, 0.1) is 11.3 Å². The van der Waals surface area contributed by atoms with E-state index in [0.717, 1.165) is 5.56 Å². The average Bonchev–Trinajstić information content (AvgIpc) is 2.61. The number of halogens is 1. The fraction of sp³-hybridized carbons (Fsp3) is 0.650. The number of hydrogen-bond acceptors (Lipinski definition) is 4. The van der Waals surface area contributed by atoms with Gasteiger partial charge in [-0.3, -0.25) is 4.79 Å². The first kappa shape index (κ1) is 23.1. The molecule has 0 aliphatic carbocycles. The molecule has 1 aromatic rings. The van der Waals surface area contributed by atoms with Crippen molar-refractivity contribution in [2.75, 3.05) is 18.8 Å². The van der Waals surface area contributed by atoms with Crippen LogP contribution in [0.15, 0.2) is 24.3 Å². The lowest BCUT2D eigenvalue weighted by atomic mass is 9.66. The molecule has 0 aromatic heterocycles. The van der Waals surface area contributed by atoms with E-state index in [1.807, 2.05) is 39.8 Å². The minimum Gasteiger partial charge on any atom is -0.384 e. The van der Waals surface area contributed by atoms with Crippen molar-refractivity contribution >= 4 is 27.5 Å². The predicted molar refractivity (Wildman–Crippen MR) is 112 cm³/mol. The quantitative estimate of drug-likeness (QED) is 0.726. The Morgan fingerprint density at radius 1 is 1.29 bits per heavy atom. The van der Waals surface area contributed by atoms with Gasteiger partial charge in [0.25, 0.3) is 0 Å². The summed E-state index contributed by atoms with van der Waals surface area (Å²) in [5, 5.41) is 12.0. The van der Waals surface area contributed by atoms with Crippen LogP contribution in [-0.4, -0.2) is 49.2 Å². The Bertz CT molecular complexity index is 808. The summed E-state index contributed by atoms with van der Waals surface area (Å²) in [6.45, 7) is 9.68. The summed E-state index contributed by atoms with van der Waals surface area (Å²) in [6, 6.07) is 6.30. The molecule has 8 heteroatoms. The van der Waals surface area contributed by atoms with Crippen molar-refractivity contribution in [2.45, 2.75) is 52.7 Å². The molecule has 6 nitrogen and oxygen atoms in total. The lowest BCUT2D eigenvalue weighted by molar-refractivity contribution is -0.155. The number of sulfonamides is 1. The van der Waals surface area contributed by atoms with Crippen molar-refractivity contribution in [3.8, 4) is 0 Å². The van der Waals surface area contributed by atoms with E-state index < -0.39 is 27.1 Å². The topological polar surface area (TPSA) is 86.7 Å². The van der Waals surface area contributed by atoms with Crippen LogP contribution in [0.1, 0.15) is 46.6 Å². The van der Waals surface area contributed by atoms with Gasteiger partial charge in [0.2, 0.25) is 15.9 Å². The number of hydrogen-bond donors (Lipinski definition) is 2. The third-order valence-corrected chi connectivity index (χ3v) is 7.33. The zero-order chi connectivity index (χ0) is 21.3. The van der Waals surface area contributed by atoms with Crippen LogP contribution < -0.4 is 4.72 Å². The minimum absolute atomic E-state index is 0.0781. The molecule has 1 aromatic carbocycles. The predicted octanol–water partition coefficient (Wildman–Crippen LogP) is 2.75. The van der Waals surface area contributed by atoms with Crippen molar-refractivity contribution in [3.63, 3.8) is 0 Å². The smallest absolute Gasteiger partial charge is 0.241 e. The van der Waals surface area contributed by atoms with Crippen LogP contribution in [0.4, 0.5) is 0 Å². The molecule has 1 heterocycles. The van der Waals surface area contributed by atoms with E-state index in [1.54, 1.807) is 24.0 Å². The SMILES string of the molecule is CCS(=O)(=O)N[C@@H](C(=O)N1CC[C@](O)(c2ccc(Cl)cc2)C(C)(C)C1)C(C)C. The average molecular weight is 431 g/mol. The van der Waals surface area contributed by atoms with E-state index in [-0.39, 0.29) is 17.6 Å². The van der Waals surface area contributed by atoms with Gasteiger partial charge in [-0.05, 0) is 37.0 Å². The van der Waals surface area contributed by atoms with Crippen molar-refractivity contribution in [3.05, 3.63) is 34.9 Å². The van der Waals surface area contributed by atoms with E-state index in [1.165, 1.54) is 0 Å². The number of piperidine rings is 1. The lowest BCUT2D eigenvalue weighted by Gasteiger charge is -2.51. The number of carbonyl (C=O) groups is 1. The second kappa shape index (κ2) is 8.30. The highest BCUT2D eigenvalue weighted by Gasteiger charge is 2.50.